The van der Waals surface area contributed by atoms with Crippen LogP contribution in [0.25, 0.3) is 0 Å². The van der Waals surface area contributed by atoms with Gasteiger partial charge >= 0.3 is 0 Å². The van der Waals surface area contributed by atoms with Gasteiger partial charge in [0.25, 0.3) is 0 Å². The molecule has 2 aliphatic rings. The van der Waals surface area contributed by atoms with Crippen molar-refractivity contribution >= 4 is 11.6 Å². The third-order valence-electron chi connectivity index (χ3n) is 3.02. The van der Waals surface area contributed by atoms with Crippen molar-refractivity contribution in [3.05, 3.63) is 23.8 Å². The molecule has 0 radical (unpaired) electrons. The molecule has 0 bridgehead atoms. The van der Waals surface area contributed by atoms with Crippen LogP contribution in [-0.2, 0) is 4.79 Å². The number of hydrogen-bond acceptors (Lipinski definition) is 4. The van der Waals surface area contributed by atoms with Crippen LogP contribution in [0, 0.1) is 5.92 Å². The zero-order chi connectivity index (χ0) is 11.8. The van der Waals surface area contributed by atoms with E-state index in [2.05, 4.69) is 10.5 Å². The second-order valence-electron chi connectivity index (χ2n) is 4.11. The van der Waals surface area contributed by atoms with Crippen molar-refractivity contribution in [1.82, 2.24) is 5.43 Å². The molecule has 1 unspecified atom stereocenters. The van der Waals surface area contributed by atoms with Crippen LogP contribution in [-0.4, -0.2) is 25.3 Å². The van der Waals surface area contributed by atoms with Gasteiger partial charge in [-0.05, 0) is 12.1 Å². The second-order valence-corrected chi connectivity index (χ2v) is 4.11. The topological polar surface area (TPSA) is 59.9 Å². The molecule has 0 spiro atoms. The molecule has 5 nitrogen and oxygen atoms in total. The molecule has 2 aliphatic heterocycles. The lowest BCUT2D eigenvalue weighted by Gasteiger charge is -2.29. The molecular weight excluding hydrogens is 220 g/mol. The van der Waals surface area contributed by atoms with Gasteiger partial charge in [-0.1, -0.05) is 0 Å². The van der Waals surface area contributed by atoms with E-state index in [4.69, 9.17) is 9.47 Å². The number of nitrogens with one attached hydrogen (secondary N) is 1. The van der Waals surface area contributed by atoms with E-state index in [0.29, 0.717) is 13.0 Å². The molecule has 1 aromatic rings. The molecule has 2 heterocycles. The first-order chi connectivity index (χ1) is 8.28. The van der Waals surface area contributed by atoms with Crippen LogP contribution in [0.5, 0.6) is 11.5 Å². The summed E-state index contributed by atoms with van der Waals surface area (Å²) in [6.07, 6.45) is 0.435. The van der Waals surface area contributed by atoms with Crippen molar-refractivity contribution in [2.75, 3.05) is 13.7 Å². The van der Waals surface area contributed by atoms with E-state index in [1.165, 1.54) is 0 Å². The molecule has 88 valence electrons. The molecule has 1 N–H and O–H groups in total. The standard InChI is InChI=1S/C12H12N2O3/c1-16-8-2-3-9-10(5-8)17-6-7-4-11(15)13-14-12(7)9/h2-3,5,7H,4,6H2,1H3,(H,13,15). The van der Waals surface area contributed by atoms with Gasteiger partial charge in [-0.3, -0.25) is 4.79 Å². The van der Waals surface area contributed by atoms with E-state index >= 15 is 0 Å². The molecule has 0 fully saturated rings. The SMILES string of the molecule is COc1ccc2c(c1)OCC1CC(=O)NN=C21. The van der Waals surface area contributed by atoms with Crippen molar-refractivity contribution in [3.8, 4) is 11.5 Å². The van der Waals surface area contributed by atoms with Crippen LogP contribution >= 0.6 is 0 Å². The third kappa shape index (κ3) is 1.63. The Morgan fingerprint density at radius 2 is 2.41 bits per heavy atom. The van der Waals surface area contributed by atoms with Crippen molar-refractivity contribution < 1.29 is 14.3 Å². The van der Waals surface area contributed by atoms with Crippen LogP contribution in [0.1, 0.15) is 12.0 Å². The molecule has 3 rings (SSSR count). The van der Waals surface area contributed by atoms with E-state index in [9.17, 15) is 4.79 Å². The summed E-state index contributed by atoms with van der Waals surface area (Å²) in [6, 6.07) is 5.62. The average Bonchev–Trinajstić information content (AvgIpc) is 2.37. The molecular formula is C12H12N2O3. The molecule has 0 aromatic heterocycles. The van der Waals surface area contributed by atoms with Crippen molar-refractivity contribution in [1.29, 1.82) is 0 Å². The number of benzene rings is 1. The molecule has 0 aliphatic carbocycles. The number of amides is 1. The van der Waals surface area contributed by atoms with Crippen LogP contribution in [0.2, 0.25) is 0 Å². The van der Waals surface area contributed by atoms with Gasteiger partial charge in [0.05, 0.1) is 19.4 Å². The lowest BCUT2D eigenvalue weighted by molar-refractivity contribution is -0.122. The van der Waals surface area contributed by atoms with Crippen LogP contribution in [0.3, 0.4) is 0 Å². The van der Waals surface area contributed by atoms with E-state index in [1.54, 1.807) is 7.11 Å². The number of nitrogens with zero attached hydrogens (tertiary/aromatic N) is 1. The Balaban J connectivity index is 2.04. The fourth-order valence-corrected chi connectivity index (χ4v) is 2.15. The van der Waals surface area contributed by atoms with Gasteiger partial charge in [0.2, 0.25) is 5.91 Å². The summed E-state index contributed by atoms with van der Waals surface area (Å²) in [7, 11) is 1.62. The smallest absolute Gasteiger partial charge is 0.240 e. The molecule has 1 aromatic carbocycles. The Morgan fingerprint density at radius 3 is 3.24 bits per heavy atom. The van der Waals surface area contributed by atoms with E-state index in [-0.39, 0.29) is 11.8 Å². The largest absolute Gasteiger partial charge is 0.497 e. The van der Waals surface area contributed by atoms with Crippen molar-refractivity contribution in [2.24, 2.45) is 11.0 Å². The number of rotatable bonds is 1. The number of hydrazone groups is 1. The van der Waals surface area contributed by atoms with Crippen molar-refractivity contribution in [2.45, 2.75) is 6.42 Å². The van der Waals surface area contributed by atoms with Crippen molar-refractivity contribution in [3.63, 3.8) is 0 Å². The monoisotopic (exact) mass is 232 g/mol. The zero-order valence-electron chi connectivity index (χ0n) is 9.40. The minimum atomic E-state index is -0.0562. The highest BCUT2D eigenvalue weighted by atomic mass is 16.5. The van der Waals surface area contributed by atoms with Gasteiger partial charge in [-0.15, -0.1) is 0 Å². The number of ether oxygens (including phenoxy) is 2. The quantitative estimate of drug-likeness (QED) is 0.783. The summed E-state index contributed by atoms with van der Waals surface area (Å²) in [5.74, 6) is 1.52. The van der Waals surface area contributed by atoms with Gasteiger partial charge in [0.1, 0.15) is 11.5 Å². The van der Waals surface area contributed by atoms with Gasteiger partial charge in [0.15, 0.2) is 0 Å². The summed E-state index contributed by atoms with van der Waals surface area (Å²) in [6.45, 7) is 0.492. The minimum absolute atomic E-state index is 0.0562. The maximum atomic E-state index is 11.2. The Morgan fingerprint density at radius 1 is 1.53 bits per heavy atom. The first kappa shape index (κ1) is 10.1. The molecule has 1 amide bonds. The summed E-state index contributed by atoms with van der Waals surface area (Å²) in [4.78, 5) is 11.2. The maximum Gasteiger partial charge on any atom is 0.240 e. The number of hydrogen-bond donors (Lipinski definition) is 1. The van der Waals surface area contributed by atoms with Crippen LogP contribution in [0.15, 0.2) is 23.3 Å². The fraction of sp³-hybridized carbons (Fsp3) is 0.333. The lowest BCUT2D eigenvalue weighted by Crippen LogP contribution is -2.39. The summed E-state index contributed by atoms with van der Waals surface area (Å²) in [5.41, 5.74) is 4.34. The average molecular weight is 232 g/mol. The predicted octanol–water partition coefficient (Wildman–Crippen LogP) is 0.928. The lowest BCUT2D eigenvalue weighted by atomic mass is 9.90. The summed E-state index contributed by atoms with van der Waals surface area (Å²) < 4.78 is 10.8. The highest BCUT2D eigenvalue weighted by Crippen LogP contribution is 2.33. The third-order valence-corrected chi connectivity index (χ3v) is 3.02. The Labute approximate surface area is 98.4 Å². The van der Waals surface area contributed by atoms with Gasteiger partial charge in [-0.2, -0.15) is 5.10 Å². The Kier molecular flexibility index (Phi) is 2.24. The second kappa shape index (κ2) is 3.76. The van der Waals surface area contributed by atoms with E-state index < -0.39 is 0 Å². The number of carbonyl (C=O) groups excluding carboxylic acids is 1. The summed E-state index contributed by atoms with van der Waals surface area (Å²) in [5, 5.41) is 4.13. The van der Waals surface area contributed by atoms with Gasteiger partial charge in [-0.25, -0.2) is 5.43 Å². The normalized spacial score (nSPS) is 21.6. The van der Waals surface area contributed by atoms with E-state index in [1.807, 2.05) is 18.2 Å². The first-order valence-electron chi connectivity index (χ1n) is 5.45. The first-order valence-corrected chi connectivity index (χ1v) is 5.45. The number of methoxy groups -OCH3 is 1. The Hall–Kier alpha value is -2.04. The predicted molar refractivity (Wildman–Crippen MR) is 61.3 cm³/mol. The highest BCUT2D eigenvalue weighted by Gasteiger charge is 2.31. The van der Waals surface area contributed by atoms with Gasteiger partial charge < -0.3 is 9.47 Å². The van der Waals surface area contributed by atoms with Crippen LogP contribution in [0.4, 0.5) is 0 Å². The molecule has 17 heavy (non-hydrogen) atoms. The van der Waals surface area contributed by atoms with E-state index in [0.717, 1.165) is 22.8 Å². The number of carbonyl (C=O) groups is 1. The zero-order valence-corrected chi connectivity index (χ0v) is 9.40. The molecule has 5 heteroatoms. The maximum absolute atomic E-state index is 11.2. The summed E-state index contributed by atoms with van der Waals surface area (Å²) >= 11 is 0. The molecule has 1 atom stereocenters. The molecule has 0 saturated carbocycles. The Bertz CT molecular complexity index is 510. The minimum Gasteiger partial charge on any atom is -0.497 e. The molecule has 0 saturated heterocycles. The number of fused-ring (bicyclic) bond motifs is 3. The highest BCUT2D eigenvalue weighted by molar-refractivity contribution is 6.08. The van der Waals surface area contributed by atoms with Crippen LogP contribution < -0.4 is 14.9 Å². The fourth-order valence-electron chi connectivity index (χ4n) is 2.15. The van der Waals surface area contributed by atoms with Gasteiger partial charge in [0, 0.05) is 24.0 Å².